The van der Waals surface area contributed by atoms with Crippen LogP contribution in [-0.4, -0.2) is 46.3 Å². The summed E-state index contributed by atoms with van der Waals surface area (Å²) >= 11 is 2.83. The maximum atomic E-state index is 12.7. The quantitative estimate of drug-likeness (QED) is 0.419. The average molecular weight is 358 g/mol. The van der Waals surface area contributed by atoms with Crippen LogP contribution < -0.4 is 5.56 Å². The molecule has 8 heteroatoms. The second-order valence-electron chi connectivity index (χ2n) is 5.26. The summed E-state index contributed by atoms with van der Waals surface area (Å²) in [5.41, 5.74) is 0.791. The van der Waals surface area contributed by atoms with E-state index >= 15 is 0 Å². The van der Waals surface area contributed by atoms with Gasteiger partial charge in [-0.25, -0.2) is 4.98 Å². The highest BCUT2D eigenvalue weighted by Gasteiger charge is 2.27. The van der Waals surface area contributed by atoms with Crippen LogP contribution in [0.2, 0.25) is 0 Å². The first kappa shape index (κ1) is 18.4. The van der Waals surface area contributed by atoms with Gasteiger partial charge < -0.3 is 9.47 Å². The van der Waals surface area contributed by atoms with Crippen LogP contribution in [-0.2, 0) is 27.2 Å². The predicted octanol–water partition coefficient (Wildman–Crippen LogP) is 1.97. The summed E-state index contributed by atoms with van der Waals surface area (Å²) in [6.45, 7) is 6.80. The van der Waals surface area contributed by atoms with Gasteiger partial charge in [-0.1, -0.05) is 18.7 Å². The largest absolute Gasteiger partial charge is 0.465 e. The van der Waals surface area contributed by atoms with Crippen LogP contribution in [0.3, 0.4) is 0 Å². The van der Waals surface area contributed by atoms with Gasteiger partial charge in [-0.05, 0) is 13.8 Å². The summed E-state index contributed by atoms with van der Waals surface area (Å²) in [4.78, 5) is 29.9. The molecule has 0 saturated heterocycles. The highest BCUT2D eigenvalue weighted by atomic mass is 32.2. The number of methoxy groups -OCH3 is 1. The lowest BCUT2D eigenvalue weighted by Crippen LogP contribution is -2.28. The Morgan fingerprint density at radius 2 is 2.30 bits per heavy atom. The van der Waals surface area contributed by atoms with E-state index in [0.717, 1.165) is 17.0 Å². The van der Waals surface area contributed by atoms with Gasteiger partial charge in [-0.15, -0.1) is 11.8 Å². The van der Waals surface area contributed by atoms with E-state index in [9.17, 15) is 9.59 Å². The number of esters is 1. The molecule has 0 spiro atoms. The van der Waals surface area contributed by atoms with Crippen molar-refractivity contribution in [2.24, 2.45) is 0 Å². The zero-order chi connectivity index (χ0) is 17.0. The van der Waals surface area contributed by atoms with Crippen LogP contribution in [0, 0.1) is 0 Å². The number of thioether (sulfide) groups is 2. The fourth-order valence-electron chi connectivity index (χ4n) is 2.27. The fraction of sp³-hybridized carbons (Fsp3) is 0.667. The Labute approximate surface area is 144 Å². The Kier molecular flexibility index (Phi) is 6.55. The Hall–Kier alpha value is -0.990. The number of nitrogens with zero attached hydrogens (tertiary/aromatic N) is 2. The number of hydrogen-bond donors (Lipinski definition) is 0. The van der Waals surface area contributed by atoms with Gasteiger partial charge >= 0.3 is 5.97 Å². The van der Waals surface area contributed by atoms with Crippen molar-refractivity contribution >= 4 is 29.5 Å². The van der Waals surface area contributed by atoms with E-state index in [0.29, 0.717) is 30.2 Å². The number of carbonyl (C=O) groups excluding carboxylic acids is 1. The van der Waals surface area contributed by atoms with E-state index in [1.54, 1.807) is 37.3 Å². The number of aromatic nitrogens is 2. The van der Waals surface area contributed by atoms with Gasteiger partial charge in [0.05, 0.1) is 30.3 Å². The average Bonchev–Trinajstić information content (AvgIpc) is 2.88. The van der Waals surface area contributed by atoms with Gasteiger partial charge in [0.25, 0.3) is 5.56 Å². The molecule has 0 bridgehead atoms. The second kappa shape index (κ2) is 8.21. The summed E-state index contributed by atoms with van der Waals surface area (Å²) in [7, 11) is 1.59. The smallest absolute Gasteiger partial charge is 0.319 e. The lowest BCUT2D eigenvalue weighted by molar-refractivity contribution is -0.142. The molecule has 6 nitrogen and oxygen atoms in total. The molecule has 0 fully saturated rings. The highest BCUT2D eigenvalue weighted by molar-refractivity contribution is 8.00. The highest BCUT2D eigenvalue weighted by Crippen LogP contribution is 2.34. The molecule has 1 aliphatic heterocycles. The number of rotatable bonds is 7. The van der Waals surface area contributed by atoms with Gasteiger partial charge in [-0.2, -0.15) is 0 Å². The van der Waals surface area contributed by atoms with E-state index in [-0.39, 0.29) is 11.5 Å². The van der Waals surface area contributed by atoms with Crippen molar-refractivity contribution in [1.29, 1.82) is 0 Å². The molecule has 0 aliphatic carbocycles. The lowest BCUT2D eigenvalue weighted by atomic mass is 10.2. The maximum absolute atomic E-state index is 12.7. The van der Waals surface area contributed by atoms with Crippen LogP contribution in [0.4, 0.5) is 0 Å². The third kappa shape index (κ3) is 4.30. The molecule has 2 atom stereocenters. The third-order valence-electron chi connectivity index (χ3n) is 3.38. The van der Waals surface area contributed by atoms with Crippen molar-refractivity contribution in [1.82, 2.24) is 9.55 Å². The van der Waals surface area contributed by atoms with E-state index < -0.39 is 5.25 Å². The zero-order valence-corrected chi connectivity index (χ0v) is 15.5. The molecule has 2 unspecified atom stereocenters. The molecular weight excluding hydrogens is 336 g/mol. The van der Waals surface area contributed by atoms with Crippen molar-refractivity contribution in [2.45, 2.75) is 54.3 Å². The lowest BCUT2D eigenvalue weighted by Gasteiger charge is -2.15. The molecule has 0 N–H and O–H groups in total. The number of fused-ring (bicyclic) bond motifs is 1. The summed E-state index contributed by atoms with van der Waals surface area (Å²) in [6.07, 6.45) is 0.779. The third-order valence-corrected chi connectivity index (χ3v) is 5.67. The molecule has 2 heterocycles. The minimum Gasteiger partial charge on any atom is -0.465 e. The Balaban J connectivity index is 2.33. The van der Waals surface area contributed by atoms with Gasteiger partial charge in [0.15, 0.2) is 5.16 Å². The topological polar surface area (TPSA) is 70.4 Å². The predicted molar refractivity (Wildman–Crippen MR) is 91.3 cm³/mol. The van der Waals surface area contributed by atoms with Gasteiger partial charge in [0.2, 0.25) is 0 Å². The number of carbonyl (C=O) groups is 1. The Morgan fingerprint density at radius 1 is 1.57 bits per heavy atom. The van der Waals surface area contributed by atoms with Crippen LogP contribution in [0.1, 0.15) is 26.5 Å². The van der Waals surface area contributed by atoms with E-state index in [4.69, 9.17) is 9.47 Å². The van der Waals surface area contributed by atoms with Gasteiger partial charge in [0, 0.05) is 18.8 Å². The number of ether oxygens (including phenoxy) is 2. The maximum Gasteiger partial charge on any atom is 0.319 e. The monoisotopic (exact) mass is 358 g/mol. The Bertz CT molecular complexity index is 633. The molecule has 0 amide bonds. The van der Waals surface area contributed by atoms with E-state index in [2.05, 4.69) is 11.9 Å². The Morgan fingerprint density at radius 3 is 2.96 bits per heavy atom. The summed E-state index contributed by atoms with van der Waals surface area (Å²) in [5, 5.41) is 0.491. The van der Waals surface area contributed by atoms with E-state index in [1.807, 2.05) is 0 Å². The minimum absolute atomic E-state index is 0.0417. The van der Waals surface area contributed by atoms with Crippen molar-refractivity contribution in [3.05, 3.63) is 16.0 Å². The summed E-state index contributed by atoms with van der Waals surface area (Å²) < 4.78 is 11.7. The van der Waals surface area contributed by atoms with Gasteiger partial charge in [0.1, 0.15) is 5.25 Å². The summed E-state index contributed by atoms with van der Waals surface area (Å²) in [5.74, 6) is -0.298. The van der Waals surface area contributed by atoms with E-state index in [1.165, 1.54) is 11.8 Å². The van der Waals surface area contributed by atoms with Crippen LogP contribution in [0.15, 0.2) is 14.8 Å². The molecule has 2 rings (SSSR count). The second-order valence-corrected chi connectivity index (χ2v) is 8.02. The van der Waals surface area contributed by atoms with Crippen LogP contribution >= 0.6 is 23.5 Å². The van der Waals surface area contributed by atoms with Crippen LogP contribution in [0.25, 0.3) is 0 Å². The van der Waals surface area contributed by atoms with Crippen molar-refractivity contribution in [3.8, 4) is 0 Å². The SMILES string of the molecule is CCOC(=O)C(C)Sc1nc2c(c(=O)n1CCOC)SC(C)C2. The molecule has 1 aromatic rings. The zero-order valence-electron chi connectivity index (χ0n) is 13.8. The first-order valence-electron chi connectivity index (χ1n) is 7.60. The van der Waals surface area contributed by atoms with Crippen molar-refractivity contribution in [2.75, 3.05) is 20.3 Å². The molecular formula is C15H22N2O4S2. The van der Waals surface area contributed by atoms with Crippen LogP contribution in [0.5, 0.6) is 0 Å². The molecule has 0 saturated carbocycles. The molecule has 128 valence electrons. The number of hydrogen-bond acceptors (Lipinski definition) is 7. The minimum atomic E-state index is -0.417. The normalized spacial score (nSPS) is 17.8. The van der Waals surface area contributed by atoms with Crippen molar-refractivity contribution in [3.63, 3.8) is 0 Å². The molecule has 23 heavy (non-hydrogen) atoms. The molecule has 1 aliphatic rings. The van der Waals surface area contributed by atoms with Crippen molar-refractivity contribution < 1.29 is 14.3 Å². The molecule has 1 aromatic heterocycles. The first-order valence-corrected chi connectivity index (χ1v) is 9.36. The van der Waals surface area contributed by atoms with Gasteiger partial charge in [-0.3, -0.25) is 14.2 Å². The fourth-order valence-corrected chi connectivity index (χ4v) is 4.33. The molecule has 0 radical (unpaired) electrons. The summed E-state index contributed by atoms with van der Waals surface area (Å²) in [6, 6.07) is 0. The molecule has 0 aromatic carbocycles. The first-order chi connectivity index (χ1) is 11.0. The standard InChI is InChI=1S/C15H22N2O4S2/c1-5-21-14(19)10(3)23-15-16-11-8-9(2)22-12(11)13(18)17(15)6-7-20-4/h9-10H,5-8H2,1-4H3.